The fraction of sp³-hybridized carbons (Fsp3) is 0.588. The standard InChI is InChI=1S/C17H26N2O2S/c1-13(3-4-15-5-7-16(20)8-6-15)18-17(21)19-10-12-22-11-9-14(19)2/h5-8,13-14,20H,3-4,9-12H2,1-2H3,(H,18,21)/t13-,14-/m1/s1. The number of amides is 2. The van der Waals surface area contributed by atoms with Crippen LogP contribution in [0.4, 0.5) is 4.79 Å². The first-order valence-corrected chi connectivity index (χ1v) is 9.14. The maximum absolute atomic E-state index is 12.4. The zero-order valence-corrected chi connectivity index (χ0v) is 14.2. The predicted molar refractivity (Wildman–Crippen MR) is 92.5 cm³/mol. The van der Waals surface area contributed by atoms with Crippen LogP contribution in [0.5, 0.6) is 5.75 Å². The van der Waals surface area contributed by atoms with Gasteiger partial charge in [0, 0.05) is 24.4 Å². The maximum atomic E-state index is 12.4. The van der Waals surface area contributed by atoms with Gasteiger partial charge in [0.15, 0.2) is 0 Å². The summed E-state index contributed by atoms with van der Waals surface area (Å²) in [5.74, 6) is 2.46. The number of rotatable bonds is 4. The number of benzene rings is 1. The van der Waals surface area contributed by atoms with Crippen molar-refractivity contribution in [1.82, 2.24) is 10.2 Å². The SMILES string of the molecule is C[C@H](CCc1ccc(O)cc1)NC(=O)N1CCSCC[C@H]1C. The molecule has 122 valence electrons. The lowest BCUT2D eigenvalue weighted by Crippen LogP contribution is -2.48. The van der Waals surface area contributed by atoms with Crippen molar-refractivity contribution in [3.8, 4) is 5.75 Å². The average Bonchev–Trinajstić information content (AvgIpc) is 2.71. The number of carbonyl (C=O) groups excluding carboxylic acids is 1. The van der Waals surface area contributed by atoms with Gasteiger partial charge in [0.1, 0.15) is 5.75 Å². The quantitative estimate of drug-likeness (QED) is 0.894. The van der Waals surface area contributed by atoms with Crippen molar-refractivity contribution in [1.29, 1.82) is 0 Å². The van der Waals surface area contributed by atoms with Gasteiger partial charge in [-0.1, -0.05) is 12.1 Å². The molecule has 4 nitrogen and oxygen atoms in total. The molecule has 0 radical (unpaired) electrons. The molecule has 2 amide bonds. The molecule has 1 aliphatic heterocycles. The Morgan fingerprint density at radius 1 is 1.41 bits per heavy atom. The molecule has 5 heteroatoms. The van der Waals surface area contributed by atoms with Gasteiger partial charge in [0.05, 0.1) is 0 Å². The predicted octanol–water partition coefficient (Wildman–Crippen LogP) is 3.25. The van der Waals surface area contributed by atoms with Gasteiger partial charge in [-0.15, -0.1) is 0 Å². The number of aryl methyl sites for hydroxylation is 1. The third kappa shape index (κ3) is 5.13. The molecule has 1 aliphatic rings. The minimum absolute atomic E-state index is 0.0632. The van der Waals surface area contributed by atoms with Gasteiger partial charge in [0.2, 0.25) is 0 Å². The fourth-order valence-corrected chi connectivity index (χ4v) is 3.65. The first kappa shape index (κ1) is 17.0. The van der Waals surface area contributed by atoms with E-state index in [0.29, 0.717) is 6.04 Å². The summed E-state index contributed by atoms with van der Waals surface area (Å²) in [5.41, 5.74) is 1.18. The molecule has 1 fully saturated rings. The van der Waals surface area contributed by atoms with Crippen molar-refractivity contribution in [2.24, 2.45) is 0 Å². The smallest absolute Gasteiger partial charge is 0.317 e. The first-order valence-electron chi connectivity index (χ1n) is 7.99. The van der Waals surface area contributed by atoms with Crippen molar-refractivity contribution >= 4 is 17.8 Å². The van der Waals surface area contributed by atoms with Gasteiger partial charge < -0.3 is 15.3 Å². The molecule has 1 saturated heterocycles. The average molecular weight is 322 g/mol. The van der Waals surface area contributed by atoms with Crippen molar-refractivity contribution in [3.63, 3.8) is 0 Å². The van der Waals surface area contributed by atoms with Crippen LogP contribution >= 0.6 is 11.8 Å². The van der Waals surface area contributed by atoms with Gasteiger partial charge >= 0.3 is 6.03 Å². The molecule has 1 aromatic carbocycles. The van der Waals surface area contributed by atoms with E-state index >= 15 is 0 Å². The van der Waals surface area contributed by atoms with Gasteiger partial charge in [0.25, 0.3) is 0 Å². The zero-order valence-electron chi connectivity index (χ0n) is 13.4. The number of aromatic hydroxyl groups is 1. The Morgan fingerprint density at radius 2 is 2.14 bits per heavy atom. The lowest BCUT2D eigenvalue weighted by atomic mass is 10.1. The van der Waals surface area contributed by atoms with E-state index < -0.39 is 0 Å². The second kappa shape index (κ2) is 8.32. The second-order valence-electron chi connectivity index (χ2n) is 6.00. The van der Waals surface area contributed by atoms with Crippen molar-refractivity contribution in [3.05, 3.63) is 29.8 Å². The molecule has 0 aliphatic carbocycles. The Balaban J connectivity index is 1.79. The van der Waals surface area contributed by atoms with E-state index in [1.165, 1.54) is 5.56 Å². The summed E-state index contributed by atoms with van der Waals surface area (Å²) in [6.07, 6.45) is 2.86. The van der Waals surface area contributed by atoms with Crippen LogP contribution in [-0.4, -0.2) is 46.2 Å². The van der Waals surface area contributed by atoms with Crippen LogP contribution in [0, 0.1) is 0 Å². The molecular weight excluding hydrogens is 296 g/mol. The first-order chi connectivity index (χ1) is 10.6. The summed E-state index contributed by atoms with van der Waals surface area (Å²) < 4.78 is 0. The van der Waals surface area contributed by atoms with Gasteiger partial charge in [-0.2, -0.15) is 11.8 Å². The van der Waals surface area contributed by atoms with Crippen LogP contribution in [0.3, 0.4) is 0 Å². The highest BCUT2D eigenvalue weighted by atomic mass is 32.2. The summed E-state index contributed by atoms with van der Waals surface area (Å²) in [4.78, 5) is 14.4. The number of hydrogen-bond donors (Lipinski definition) is 2. The topological polar surface area (TPSA) is 52.6 Å². The summed E-state index contributed by atoms with van der Waals surface area (Å²) in [6.45, 7) is 5.02. The number of phenols is 1. The molecule has 0 bridgehead atoms. The summed E-state index contributed by atoms with van der Waals surface area (Å²) >= 11 is 1.93. The summed E-state index contributed by atoms with van der Waals surface area (Å²) in [7, 11) is 0. The van der Waals surface area contributed by atoms with Crippen molar-refractivity contribution in [2.45, 2.75) is 45.2 Å². The van der Waals surface area contributed by atoms with E-state index in [1.807, 2.05) is 28.8 Å². The molecule has 22 heavy (non-hydrogen) atoms. The van der Waals surface area contributed by atoms with E-state index in [2.05, 4.69) is 19.2 Å². The van der Waals surface area contributed by atoms with E-state index in [4.69, 9.17) is 0 Å². The Morgan fingerprint density at radius 3 is 2.86 bits per heavy atom. The molecule has 0 unspecified atom stereocenters. The van der Waals surface area contributed by atoms with E-state index in [-0.39, 0.29) is 17.8 Å². The van der Waals surface area contributed by atoms with Crippen molar-refractivity contribution in [2.75, 3.05) is 18.1 Å². The van der Waals surface area contributed by atoms with E-state index in [1.54, 1.807) is 12.1 Å². The third-order valence-electron chi connectivity index (χ3n) is 4.12. The number of nitrogens with zero attached hydrogens (tertiary/aromatic N) is 1. The number of nitrogens with one attached hydrogen (secondary N) is 1. The van der Waals surface area contributed by atoms with Crippen LogP contribution in [0.15, 0.2) is 24.3 Å². The third-order valence-corrected chi connectivity index (χ3v) is 5.12. The molecule has 0 saturated carbocycles. The Labute approximate surface area is 137 Å². The summed E-state index contributed by atoms with van der Waals surface area (Å²) in [5, 5.41) is 12.4. The lowest BCUT2D eigenvalue weighted by Gasteiger charge is -2.28. The van der Waals surface area contributed by atoms with Crippen LogP contribution in [-0.2, 0) is 6.42 Å². The number of urea groups is 1. The van der Waals surface area contributed by atoms with Crippen molar-refractivity contribution < 1.29 is 9.90 Å². The number of phenolic OH excluding ortho intramolecular Hbond substituents is 1. The molecule has 2 rings (SSSR count). The molecule has 1 aromatic rings. The molecule has 2 N–H and O–H groups in total. The molecule has 1 heterocycles. The van der Waals surface area contributed by atoms with Crippen LogP contribution in [0.25, 0.3) is 0 Å². The minimum atomic E-state index is 0.0632. The van der Waals surface area contributed by atoms with Crippen LogP contribution < -0.4 is 5.32 Å². The number of hydrogen-bond acceptors (Lipinski definition) is 3. The summed E-state index contributed by atoms with van der Waals surface area (Å²) in [6, 6.07) is 7.79. The number of thioether (sulfide) groups is 1. The zero-order chi connectivity index (χ0) is 15.9. The van der Waals surface area contributed by atoms with Gasteiger partial charge in [-0.3, -0.25) is 0 Å². The normalized spacial score (nSPS) is 20.3. The maximum Gasteiger partial charge on any atom is 0.317 e. The monoisotopic (exact) mass is 322 g/mol. The highest BCUT2D eigenvalue weighted by molar-refractivity contribution is 7.99. The molecule has 0 aromatic heterocycles. The molecule has 2 atom stereocenters. The number of carbonyl (C=O) groups is 1. The highest BCUT2D eigenvalue weighted by Gasteiger charge is 2.22. The van der Waals surface area contributed by atoms with Crippen LogP contribution in [0.1, 0.15) is 32.3 Å². The fourth-order valence-electron chi connectivity index (χ4n) is 2.61. The highest BCUT2D eigenvalue weighted by Crippen LogP contribution is 2.16. The molecular formula is C17H26N2O2S. The van der Waals surface area contributed by atoms with E-state index in [0.717, 1.165) is 37.3 Å². The Kier molecular flexibility index (Phi) is 6.43. The minimum Gasteiger partial charge on any atom is -0.508 e. The van der Waals surface area contributed by atoms with Crippen LogP contribution in [0.2, 0.25) is 0 Å². The Hall–Kier alpha value is -1.36. The Bertz CT molecular complexity index is 478. The molecule has 0 spiro atoms. The van der Waals surface area contributed by atoms with E-state index in [9.17, 15) is 9.90 Å². The second-order valence-corrected chi connectivity index (χ2v) is 7.22. The largest absolute Gasteiger partial charge is 0.508 e. The lowest BCUT2D eigenvalue weighted by molar-refractivity contribution is 0.179. The van der Waals surface area contributed by atoms with Gasteiger partial charge in [-0.05, 0) is 56.6 Å². The van der Waals surface area contributed by atoms with Gasteiger partial charge in [-0.25, -0.2) is 4.79 Å².